The second kappa shape index (κ2) is 10.0. The van der Waals surface area contributed by atoms with Gasteiger partial charge in [0, 0.05) is 24.0 Å². The quantitative estimate of drug-likeness (QED) is 0.560. The minimum Gasteiger partial charge on any atom is -0.508 e. The molecule has 0 unspecified atom stereocenters. The number of nitrogens with zero attached hydrogens (tertiary/aromatic N) is 1. The number of hydroxylamine groups is 2. The van der Waals surface area contributed by atoms with Crippen molar-refractivity contribution < 1.29 is 19.9 Å². The van der Waals surface area contributed by atoms with E-state index in [1.54, 1.807) is 12.1 Å². The van der Waals surface area contributed by atoms with E-state index in [0.29, 0.717) is 19.3 Å². The molecule has 0 spiro atoms. The lowest BCUT2D eigenvalue weighted by Crippen LogP contribution is -2.62. The van der Waals surface area contributed by atoms with Crippen LogP contribution in [-0.2, 0) is 21.2 Å². The molecule has 1 aromatic carbocycles. The second-order valence-electron chi connectivity index (χ2n) is 10.3. The zero-order valence-corrected chi connectivity index (χ0v) is 20.4. The molecule has 177 valence electrons. The molecule has 1 aliphatic rings. The van der Waals surface area contributed by atoms with E-state index in [4.69, 9.17) is 0 Å². The van der Waals surface area contributed by atoms with E-state index in [1.807, 2.05) is 59.8 Å². The van der Waals surface area contributed by atoms with Crippen LogP contribution in [0.3, 0.4) is 0 Å². The second-order valence-corrected chi connectivity index (χ2v) is 10.3. The van der Waals surface area contributed by atoms with Gasteiger partial charge >= 0.3 is 0 Å². The van der Waals surface area contributed by atoms with Gasteiger partial charge in [-0.3, -0.25) is 9.59 Å². The standard InChI is InChI=1S/C25H38N3O4/c1-16(12-20(26-18(3)29)13-19-8-10-22(30)11-9-19)17(2)23(31)27-21-14-24(4,5)28(32)25(6,7)15-21/h8-12,17,20-21,30H,13-15H2,1-7H3,(H,26,29)(H,27,31)/b16-12+/t17-,20+/m0/s1. The third-order valence-corrected chi connectivity index (χ3v) is 6.26. The number of carbonyl (C=O) groups is 2. The maximum absolute atomic E-state index is 13.0. The molecule has 7 nitrogen and oxygen atoms in total. The number of hydrogen-bond acceptors (Lipinski definition) is 4. The van der Waals surface area contributed by atoms with Gasteiger partial charge in [-0.2, -0.15) is 0 Å². The highest BCUT2D eigenvalue weighted by atomic mass is 16.5. The number of rotatable bonds is 7. The van der Waals surface area contributed by atoms with Gasteiger partial charge in [0.15, 0.2) is 0 Å². The Balaban J connectivity index is 2.09. The number of phenolic OH excluding ortho intramolecular Hbond substituents is 1. The smallest absolute Gasteiger partial charge is 0.227 e. The molecular formula is C25H38N3O4. The Kier molecular flexibility index (Phi) is 8.12. The first-order valence-electron chi connectivity index (χ1n) is 11.2. The molecule has 0 aromatic heterocycles. The van der Waals surface area contributed by atoms with Crippen molar-refractivity contribution in [1.29, 1.82) is 0 Å². The van der Waals surface area contributed by atoms with Crippen LogP contribution in [0.4, 0.5) is 0 Å². The van der Waals surface area contributed by atoms with Gasteiger partial charge in [-0.1, -0.05) is 23.8 Å². The summed E-state index contributed by atoms with van der Waals surface area (Å²) >= 11 is 0. The maximum Gasteiger partial charge on any atom is 0.227 e. The number of aromatic hydroxyl groups is 1. The molecule has 2 atom stereocenters. The third kappa shape index (κ3) is 6.81. The summed E-state index contributed by atoms with van der Waals surface area (Å²) in [6.45, 7) is 12.9. The largest absolute Gasteiger partial charge is 0.508 e. The Morgan fingerprint density at radius 2 is 1.66 bits per heavy atom. The van der Waals surface area contributed by atoms with Crippen LogP contribution in [0.15, 0.2) is 35.9 Å². The molecule has 1 aliphatic heterocycles. The topological polar surface area (TPSA) is 102 Å². The van der Waals surface area contributed by atoms with E-state index >= 15 is 0 Å². The molecule has 2 amide bonds. The van der Waals surface area contributed by atoms with Crippen molar-refractivity contribution in [2.75, 3.05) is 0 Å². The Hall–Kier alpha value is -2.38. The molecule has 7 heteroatoms. The molecule has 1 aromatic rings. The molecule has 1 saturated heterocycles. The van der Waals surface area contributed by atoms with Crippen LogP contribution in [0.25, 0.3) is 0 Å². The summed E-state index contributed by atoms with van der Waals surface area (Å²) < 4.78 is 0. The SMILES string of the molecule is CC(=O)N[C@H](/C=C(\C)[C@H](C)C(=O)NC1CC(C)(C)N([O])C(C)(C)C1)Cc1ccc(O)cc1. The van der Waals surface area contributed by atoms with Crippen molar-refractivity contribution in [3.63, 3.8) is 0 Å². The van der Waals surface area contributed by atoms with Gasteiger partial charge in [-0.25, -0.2) is 0 Å². The van der Waals surface area contributed by atoms with Crippen LogP contribution in [0.2, 0.25) is 0 Å². The average Bonchev–Trinajstić information content (AvgIpc) is 2.66. The molecule has 2 rings (SSSR count). The maximum atomic E-state index is 13.0. The number of amides is 2. The Morgan fingerprint density at radius 1 is 1.12 bits per heavy atom. The zero-order chi connectivity index (χ0) is 24.3. The average molecular weight is 445 g/mol. The fourth-order valence-corrected chi connectivity index (χ4v) is 4.66. The molecule has 3 N–H and O–H groups in total. The lowest BCUT2D eigenvalue weighted by Gasteiger charge is -2.50. The Bertz CT molecular complexity index is 827. The van der Waals surface area contributed by atoms with Gasteiger partial charge in [0.25, 0.3) is 0 Å². The number of benzene rings is 1. The van der Waals surface area contributed by atoms with Crippen LogP contribution in [0.1, 0.15) is 66.9 Å². The highest BCUT2D eigenvalue weighted by molar-refractivity contribution is 5.81. The van der Waals surface area contributed by atoms with Gasteiger partial charge < -0.3 is 15.7 Å². The summed E-state index contributed by atoms with van der Waals surface area (Å²) in [4.78, 5) is 24.7. The van der Waals surface area contributed by atoms with Crippen LogP contribution in [0.5, 0.6) is 5.75 Å². The van der Waals surface area contributed by atoms with E-state index in [-0.39, 0.29) is 35.6 Å². The van der Waals surface area contributed by atoms with Crippen molar-refractivity contribution in [2.24, 2.45) is 5.92 Å². The number of hydrogen-bond donors (Lipinski definition) is 3. The van der Waals surface area contributed by atoms with Crippen molar-refractivity contribution in [3.05, 3.63) is 41.5 Å². The highest BCUT2D eigenvalue weighted by Gasteiger charge is 2.46. The van der Waals surface area contributed by atoms with E-state index in [0.717, 1.165) is 16.2 Å². The summed E-state index contributed by atoms with van der Waals surface area (Å²) in [5.41, 5.74) is 0.736. The summed E-state index contributed by atoms with van der Waals surface area (Å²) in [5, 5.41) is 29.3. The fraction of sp³-hybridized carbons (Fsp3) is 0.600. The lowest BCUT2D eigenvalue weighted by atomic mass is 9.78. The van der Waals surface area contributed by atoms with Crippen molar-refractivity contribution in [3.8, 4) is 5.75 Å². The summed E-state index contributed by atoms with van der Waals surface area (Å²) in [6, 6.07) is 6.52. The monoisotopic (exact) mass is 444 g/mol. The predicted octanol–water partition coefficient (Wildman–Crippen LogP) is 3.51. The summed E-state index contributed by atoms with van der Waals surface area (Å²) in [7, 11) is 0. The molecule has 0 saturated carbocycles. The third-order valence-electron chi connectivity index (χ3n) is 6.26. The van der Waals surface area contributed by atoms with Crippen molar-refractivity contribution in [1.82, 2.24) is 15.7 Å². The van der Waals surface area contributed by atoms with Crippen LogP contribution in [0, 0.1) is 5.92 Å². The van der Waals surface area contributed by atoms with Gasteiger partial charge in [0.1, 0.15) is 5.75 Å². The molecule has 1 radical (unpaired) electrons. The molecule has 1 fully saturated rings. The summed E-state index contributed by atoms with van der Waals surface area (Å²) in [5.74, 6) is -0.414. The van der Waals surface area contributed by atoms with Crippen LogP contribution < -0.4 is 10.6 Å². The molecule has 1 heterocycles. The highest BCUT2D eigenvalue weighted by Crippen LogP contribution is 2.37. The van der Waals surface area contributed by atoms with Gasteiger partial charge in [-0.15, -0.1) is 10.3 Å². The minimum atomic E-state index is -0.547. The fourth-order valence-electron chi connectivity index (χ4n) is 4.66. The van der Waals surface area contributed by atoms with Crippen LogP contribution in [-0.4, -0.2) is 45.1 Å². The number of piperidine rings is 1. The number of nitrogens with one attached hydrogen (secondary N) is 2. The molecule has 0 bridgehead atoms. The lowest BCUT2D eigenvalue weighted by molar-refractivity contribution is -0.290. The minimum absolute atomic E-state index is 0.0731. The normalized spacial score (nSPS) is 20.9. The predicted molar refractivity (Wildman–Crippen MR) is 124 cm³/mol. The van der Waals surface area contributed by atoms with Gasteiger partial charge in [0.2, 0.25) is 11.8 Å². The first-order chi connectivity index (χ1) is 14.7. The molecule has 0 aliphatic carbocycles. The van der Waals surface area contributed by atoms with Crippen LogP contribution >= 0.6 is 0 Å². The summed E-state index contributed by atoms with van der Waals surface area (Å²) in [6.07, 6.45) is 3.66. The van der Waals surface area contributed by atoms with Gasteiger partial charge in [-0.05, 0) is 78.5 Å². The Morgan fingerprint density at radius 3 is 2.16 bits per heavy atom. The number of carbonyl (C=O) groups excluding carboxylic acids is 2. The van der Waals surface area contributed by atoms with E-state index in [9.17, 15) is 19.9 Å². The van der Waals surface area contributed by atoms with E-state index in [1.165, 1.54) is 6.92 Å². The van der Waals surface area contributed by atoms with E-state index in [2.05, 4.69) is 10.6 Å². The zero-order valence-electron chi connectivity index (χ0n) is 20.4. The van der Waals surface area contributed by atoms with Crippen molar-refractivity contribution >= 4 is 11.8 Å². The van der Waals surface area contributed by atoms with Gasteiger partial charge in [0.05, 0.1) is 12.0 Å². The molecule has 32 heavy (non-hydrogen) atoms. The Labute approximate surface area is 191 Å². The first kappa shape index (κ1) is 25.9. The molecular weight excluding hydrogens is 406 g/mol. The van der Waals surface area contributed by atoms with Crippen molar-refractivity contribution in [2.45, 2.75) is 90.9 Å². The first-order valence-corrected chi connectivity index (χ1v) is 11.2. The van der Waals surface area contributed by atoms with E-state index < -0.39 is 11.1 Å². The number of phenols is 1.